The van der Waals surface area contributed by atoms with Crippen molar-refractivity contribution in [2.24, 2.45) is 0 Å². The monoisotopic (exact) mass is 496 g/mol. The van der Waals surface area contributed by atoms with Crippen LogP contribution in [0.4, 0.5) is 5.69 Å². The third kappa shape index (κ3) is 6.63. The molecule has 1 aromatic heterocycles. The number of hydrogen-bond acceptors (Lipinski definition) is 7. The number of methoxy groups -OCH3 is 1. The summed E-state index contributed by atoms with van der Waals surface area (Å²) >= 11 is 1.37. The molecule has 0 aliphatic carbocycles. The minimum absolute atomic E-state index is 0.0506. The number of nitrogens with zero attached hydrogens (tertiary/aromatic N) is 3. The maximum absolute atomic E-state index is 13.0. The normalized spacial score (nSPS) is 12.8. The van der Waals surface area contributed by atoms with Crippen LogP contribution in [0.3, 0.4) is 0 Å². The van der Waals surface area contributed by atoms with Crippen molar-refractivity contribution in [1.29, 1.82) is 0 Å². The molecule has 3 rings (SSSR count). The molecule has 2 aromatic carbocycles. The van der Waals surface area contributed by atoms with Crippen LogP contribution in [-0.4, -0.2) is 38.8 Å². The van der Waals surface area contributed by atoms with Gasteiger partial charge in [0.05, 0.1) is 12.4 Å². The summed E-state index contributed by atoms with van der Waals surface area (Å²) in [5.41, 5.74) is 1.14. The van der Waals surface area contributed by atoms with E-state index in [9.17, 15) is 9.59 Å². The molecule has 3 aromatic rings. The Balaban J connectivity index is 1.77. The third-order valence-electron chi connectivity index (χ3n) is 5.37. The molecule has 0 radical (unpaired) electrons. The number of ketones is 1. The van der Waals surface area contributed by atoms with Crippen LogP contribution in [0.25, 0.3) is 0 Å². The highest BCUT2D eigenvalue weighted by atomic mass is 32.2. The lowest BCUT2D eigenvalue weighted by Crippen LogP contribution is -2.25. The zero-order valence-corrected chi connectivity index (χ0v) is 21.8. The maximum atomic E-state index is 13.0. The smallest absolute Gasteiger partial charge is 0.237 e. The molecule has 0 aliphatic heterocycles. The fourth-order valence-corrected chi connectivity index (χ4v) is 4.64. The van der Waals surface area contributed by atoms with Crippen molar-refractivity contribution in [3.63, 3.8) is 0 Å². The van der Waals surface area contributed by atoms with Gasteiger partial charge in [-0.25, -0.2) is 0 Å². The van der Waals surface area contributed by atoms with Crippen molar-refractivity contribution >= 4 is 29.1 Å². The average Bonchev–Trinajstić information content (AvgIpc) is 3.27. The number of ether oxygens (including phenoxy) is 2. The number of rotatable bonds is 11. The Kier molecular flexibility index (Phi) is 8.92. The fourth-order valence-electron chi connectivity index (χ4n) is 3.55. The summed E-state index contributed by atoms with van der Waals surface area (Å²) in [6.45, 7) is 9.46. The van der Waals surface area contributed by atoms with Gasteiger partial charge in [0.1, 0.15) is 11.5 Å². The summed E-state index contributed by atoms with van der Waals surface area (Å²) in [7, 11) is 1.61. The summed E-state index contributed by atoms with van der Waals surface area (Å²) in [6, 6.07) is 14.4. The molecule has 35 heavy (non-hydrogen) atoms. The van der Waals surface area contributed by atoms with Crippen LogP contribution in [0, 0.1) is 0 Å². The van der Waals surface area contributed by atoms with Gasteiger partial charge in [0.2, 0.25) is 5.91 Å². The number of carbonyl (C=O) groups excluding carboxylic acids is 2. The zero-order chi connectivity index (χ0) is 25.5. The van der Waals surface area contributed by atoms with Gasteiger partial charge >= 0.3 is 0 Å². The first-order chi connectivity index (χ1) is 16.7. The lowest BCUT2D eigenvalue weighted by molar-refractivity contribution is -0.115. The third-order valence-corrected chi connectivity index (χ3v) is 6.69. The summed E-state index contributed by atoms with van der Waals surface area (Å²) in [5, 5.41) is 12.0. The number of amides is 1. The topological polar surface area (TPSA) is 95.3 Å². The van der Waals surface area contributed by atoms with Gasteiger partial charge in [0, 0.05) is 23.4 Å². The van der Waals surface area contributed by atoms with Crippen LogP contribution in [0.1, 0.15) is 69.4 Å². The summed E-state index contributed by atoms with van der Waals surface area (Å²) < 4.78 is 13.4. The van der Waals surface area contributed by atoms with Crippen LogP contribution in [0.15, 0.2) is 53.7 Å². The van der Waals surface area contributed by atoms with Crippen molar-refractivity contribution in [2.45, 2.75) is 63.6 Å². The van der Waals surface area contributed by atoms with E-state index in [0.717, 1.165) is 0 Å². The van der Waals surface area contributed by atoms with Gasteiger partial charge in [0.15, 0.2) is 22.9 Å². The van der Waals surface area contributed by atoms with Crippen LogP contribution >= 0.6 is 11.8 Å². The summed E-state index contributed by atoms with van der Waals surface area (Å²) in [4.78, 5) is 24.7. The number of benzene rings is 2. The fraction of sp³-hybridized carbons (Fsp3) is 0.385. The second kappa shape index (κ2) is 11.9. The molecule has 2 unspecified atom stereocenters. The highest BCUT2D eigenvalue weighted by Gasteiger charge is 2.26. The van der Waals surface area contributed by atoms with Crippen LogP contribution in [0.2, 0.25) is 0 Å². The van der Waals surface area contributed by atoms with Gasteiger partial charge in [-0.3, -0.25) is 9.59 Å². The molecule has 0 saturated carbocycles. The number of Topliss-reactive ketones (excluding diaryl/α,β-unsaturated/α-hetero) is 1. The molecule has 2 atom stereocenters. The highest BCUT2D eigenvalue weighted by Crippen LogP contribution is 2.32. The minimum atomic E-state index is -0.389. The van der Waals surface area contributed by atoms with E-state index in [2.05, 4.69) is 15.5 Å². The van der Waals surface area contributed by atoms with E-state index in [4.69, 9.17) is 9.47 Å². The minimum Gasteiger partial charge on any atom is -0.497 e. The summed E-state index contributed by atoms with van der Waals surface area (Å²) in [6.07, 6.45) is 0.230. The largest absolute Gasteiger partial charge is 0.497 e. The quantitative estimate of drug-likeness (QED) is 0.268. The molecular formula is C26H32N4O4S. The van der Waals surface area contributed by atoms with Gasteiger partial charge in [0.25, 0.3) is 0 Å². The van der Waals surface area contributed by atoms with E-state index < -0.39 is 0 Å². The van der Waals surface area contributed by atoms with Crippen molar-refractivity contribution in [3.05, 3.63) is 59.9 Å². The first kappa shape index (κ1) is 26.3. The van der Waals surface area contributed by atoms with Crippen LogP contribution in [-0.2, 0) is 4.79 Å². The van der Waals surface area contributed by atoms with E-state index in [0.29, 0.717) is 40.2 Å². The molecule has 8 nitrogen and oxygen atoms in total. The number of carbonyl (C=O) groups is 2. The lowest BCUT2D eigenvalue weighted by Gasteiger charge is -2.20. The Bertz CT molecular complexity index is 1180. The molecule has 186 valence electrons. The standard InChI is InChI=1S/C26H32N4O4S/c1-7-23(25(32)27-20-11-8-10-19(14-20)17(4)31)35-26-29-28-24(30(26)16(2)3)18(5)34-22-13-9-12-21(15-22)33-6/h8-16,18,23H,7H2,1-6H3,(H,27,32). The number of aromatic nitrogens is 3. The average molecular weight is 497 g/mol. The number of anilines is 1. The van der Waals surface area contributed by atoms with E-state index in [1.54, 1.807) is 31.4 Å². The highest BCUT2D eigenvalue weighted by molar-refractivity contribution is 8.00. The second-order valence-electron chi connectivity index (χ2n) is 8.38. The molecule has 0 aliphatic rings. The molecule has 0 spiro atoms. The molecule has 1 amide bonds. The lowest BCUT2D eigenvalue weighted by atomic mass is 10.1. The maximum Gasteiger partial charge on any atom is 0.237 e. The molecule has 0 bridgehead atoms. The van der Waals surface area contributed by atoms with Crippen molar-refractivity contribution in [1.82, 2.24) is 14.8 Å². The Morgan fingerprint density at radius 3 is 2.43 bits per heavy atom. The Morgan fingerprint density at radius 2 is 1.77 bits per heavy atom. The van der Waals surface area contributed by atoms with E-state index in [1.807, 2.05) is 56.5 Å². The molecule has 0 fully saturated rings. The van der Waals surface area contributed by atoms with Gasteiger partial charge in [-0.15, -0.1) is 10.2 Å². The zero-order valence-electron chi connectivity index (χ0n) is 20.9. The van der Waals surface area contributed by atoms with E-state index >= 15 is 0 Å². The van der Waals surface area contributed by atoms with E-state index in [-0.39, 0.29) is 29.1 Å². The Labute approximate surface area is 210 Å². The predicted molar refractivity (Wildman–Crippen MR) is 137 cm³/mol. The van der Waals surface area contributed by atoms with Gasteiger partial charge in [-0.2, -0.15) is 0 Å². The molecular weight excluding hydrogens is 464 g/mol. The Morgan fingerprint density at radius 1 is 1.06 bits per heavy atom. The van der Waals surface area contributed by atoms with Gasteiger partial charge in [-0.1, -0.05) is 36.9 Å². The number of thioether (sulfide) groups is 1. The molecule has 0 saturated heterocycles. The Hall–Kier alpha value is -3.33. The van der Waals surface area contributed by atoms with Crippen LogP contribution in [0.5, 0.6) is 11.5 Å². The number of nitrogens with one attached hydrogen (secondary N) is 1. The van der Waals surface area contributed by atoms with Crippen molar-refractivity contribution < 1.29 is 19.1 Å². The first-order valence-electron chi connectivity index (χ1n) is 11.6. The molecule has 9 heteroatoms. The van der Waals surface area contributed by atoms with Crippen molar-refractivity contribution in [2.75, 3.05) is 12.4 Å². The van der Waals surface area contributed by atoms with Crippen LogP contribution < -0.4 is 14.8 Å². The molecule has 1 N–H and O–H groups in total. The van der Waals surface area contributed by atoms with Gasteiger partial charge < -0.3 is 19.4 Å². The first-order valence-corrected chi connectivity index (χ1v) is 12.5. The molecule has 1 heterocycles. The predicted octanol–water partition coefficient (Wildman–Crippen LogP) is 5.72. The summed E-state index contributed by atoms with van der Waals surface area (Å²) in [5.74, 6) is 1.85. The second-order valence-corrected chi connectivity index (χ2v) is 9.55. The van der Waals surface area contributed by atoms with E-state index in [1.165, 1.54) is 18.7 Å². The van der Waals surface area contributed by atoms with Crippen molar-refractivity contribution in [3.8, 4) is 11.5 Å². The number of hydrogen-bond donors (Lipinski definition) is 1. The van der Waals surface area contributed by atoms with Gasteiger partial charge in [-0.05, 0) is 58.4 Å². The SMILES string of the molecule is CCC(Sc1nnc(C(C)Oc2cccc(OC)c2)n1C(C)C)C(=O)Nc1cccc(C(C)=O)c1.